The van der Waals surface area contributed by atoms with E-state index >= 15 is 0 Å². The van der Waals surface area contributed by atoms with Crippen molar-refractivity contribution in [2.45, 2.75) is 105 Å². The maximum Gasteiger partial charge on any atom is 0.333 e. The van der Waals surface area contributed by atoms with Gasteiger partial charge in [0.1, 0.15) is 0 Å². The third-order valence-corrected chi connectivity index (χ3v) is 15.6. The highest BCUT2D eigenvalue weighted by Crippen LogP contribution is 2.51. The van der Waals surface area contributed by atoms with Gasteiger partial charge in [-0.15, -0.1) is 0 Å². The second kappa shape index (κ2) is 12.3. The largest absolute Gasteiger partial charge is 0.375 e. The summed E-state index contributed by atoms with van der Waals surface area (Å²) in [6.45, 7) is 28.3. The highest BCUT2D eigenvalue weighted by Gasteiger charge is 2.44. The van der Waals surface area contributed by atoms with E-state index in [4.69, 9.17) is 0 Å². The van der Waals surface area contributed by atoms with Crippen LogP contribution in [-0.4, -0.2) is 15.9 Å². The van der Waals surface area contributed by atoms with E-state index in [-0.39, 0.29) is 28.5 Å². The van der Waals surface area contributed by atoms with Crippen molar-refractivity contribution in [3.05, 3.63) is 150 Å². The third-order valence-electron chi connectivity index (χ3n) is 15.6. The van der Waals surface area contributed by atoms with Crippen molar-refractivity contribution >= 4 is 93.7 Å². The summed E-state index contributed by atoms with van der Waals surface area (Å²) in [6.07, 6.45) is 0. The topological polar surface area (TPSA) is 9.86 Å². The minimum atomic E-state index is -0.0675. The Morgan fingerprint density at radius 1 is 0.400 bits per heavy atom. The maximum absolute atomic E-state index is 2.78. The van der Waals surface area contributed by atoms with Crippen LogP contribution in [0.15, 0.2) is 127 Å². The number of hydrogen-bond donors (Lipinski definition) is 0. The quantitative estimate of drug-likeness (QED) is 0.115. The summed E-state index contributed by atoms with van der Waals surface area (Å²) in [5.74, 6) is 0. The molecule has 318 valence electrons. The van der Waals surface area contributed by atoms with E-state index in [2.05, 4.69) is 220 Å². The molecule has 2 aromatic heterocycles. The molecule has 2 aliphatic heterocycles. The molecule has 65 heavy (non-hydrogen) atoms. The molecule has 4 heterocycles. The first-order valence-corrected chi connectivity index (χ1v) is 23.9. The van der Waals surface area contributed by atoms with Crippen molar-refractivity contribution in [3.8, 4) is 27.9 Å². The van der Waals surface area contributed by atoms with Crippen LogP contribution in [0.5, 0.6) is 0 Å². The number of fused-ring (bicyclic) bond motifs is 12. The van der Waals surface area contributed by atoms with Crippen LogP contribution in [0.1, 0.15) is 105 Å². The van der Waals surface area contributed by atoms with E-state index in [1.165, 1.54) is 137 Å². The SMILES string of the molecule is CC(C)(C)c1cc2ccc3c4c5c(c6ccc(c1)c2c36)-n1c2ccc(C(C)(C)C)cc2c2cc(C(C)(C)C)cc(c21)B5n1c2ccc(-c3ccccc3)cc2c2cc(C(C)(C)C)cc-4c21. The Morgan fingerprint density at radius 3 is 1.63 bits per heavy atom. The fourth-order valence-corrected chi connectivity index (χ4v) is 12.0. The van der Waals surface area contributed by atoms with Crippen LogP contribution >= 0.6 is 0 Å². The number of nitrogens with zero attached hydrogens (tertiary/aromatic N) is 2. The van der Waals surface area contributed by atoms with E-state index in [1.807, 2.05) is 0 Å². The van der Waals surface area contributed by atoms with Crippen molar-refractivity contribution in [1.29, 1.82) is 0 Å². The van der Waals surface area contributed by atoms with Gasteiger partial charge in [0, 0.05) is 48.9 Å². The molecule has 0 fully saturated rings. The van der Waals surface area contributed by atoms with Gasteiger partial charge >= 0.3 is 6.85 Å². The fraction of sp³-hybridized carbons (Fsp3) is 0.258. The number of benzene rings is 9. The Bertz CT molecular complexity index is 3880. The molecule has 0 spiro atoms. The minimum Gasteiger partial charge on any atom is -0.375 e. The zero-order valence-corrected chi connectivity index (χ0v) is 40.1. The molecule has 0 unspecified atom stereocenters. The summed E-state index contributed by atoms with van der Waals surface area (Å²) in [5.41, 5.74) is 20.1. The third kappa shape index (κ3) is 5.19. The lowest BCUT2D eigenvalue weighted by Crippen LogP contribution is -2.55. The molecule has 0 aliphatic carbocycles. The fourth-order valence-electron chi connectivity index (χ4n) is 12.0. The average Bonchev–Trinajstić information content (AvgIpc) is 3.77. The van der Waals surface area contributed by atoms with Gasteiger partial charge in [-0.1, -0.05) is 168 Å². The smallest absolute Gasteiger partial charge is 0.333 e. The molecular weight excluding hydrogens is 784 g/mol. The summed E-state index contributed by atoms with van der Waals surface area (Å²) in [5, 5.41) is 13.5. The number of aromatic nitrogens is 2. The Kier molecular flexibility index (Phi) is 7.40. The monoisotopic (exact) mass is 840 g/mol. The van der Waals surface area contributed by atoms with Gasteiger partial charge in [-0.2, -0.15) is 0 Å². The van der Waals surface area contributed by atoms with Gasteiger partial charge in [0.05, 0.1) is 16.7 Å². The molecule has 0 saturated carbocycles. The van der Waals surface area contributed by atoms with E-state index in [0.717, 1.165) is 0 Å². The van der Waals surface area contributed by atoms with E-state index in [9.17, 15) is 0 Å². The first-order chi connectivity index (χ1) is 30.8. The molecule has 13 rings (SSSR count). The average molecular weight is 841 g/mol. The van der Waals surface area contributed by atoms with E-state index < -0.39 is 0 Å². The normalized spacial score (nSPS) is 14.1. The summed E-state index contributed by atoms with van der Waals surface area (Å²) >= 11 is 0. The van der Waals surface area contributed by atoms with Gasteiger partial charge in [0.15, 0.2) is 0 Å². The molecule has 3 heteroatoms. The van der Waals surface area contributed by atoms with Gasteiger partial charge < -0.3 is 9.05 Å². The number of rotatable bonds is 1. The molecule has 0 bridgehead atoms. The van der Waals surface area contributed by atoms with Gasteiger partial charge in [0.2, 0.25) is 0 Å². The molecular formula is C62H57BN2. The standard InChI is InChI=1S/C62H57BN2/c1-59(2,3)38-21-25-50-45(29-38)47-31-41(62(10,11)12)33-49-57(47)64(50)58-43-23-19-37-27-39(60(4,5)6)26-36-18-22-42(53(43)52(36)37)54-48-32-40(61(7,8)9)30-46-44-28-35(34-16-14-13-15-17-34)20-24-51(44)65(56(46)48)63(49)55(54)58/h13-33H,1-12H3. The second-order valence-corrected chi connectivity index (χ2v) is 23.9. The van der Waals surface area contributed by atoms with Crippen LogP contribution in [0.4, 0.5) is 0 Å². The van der Waals surface area contributed by atoms with Crippen molar-refractivity contribution in [1.82, 2.24) is 9.05 Å². The summed E-state index contributed by atoms with van der Waals surface area (Å²) in [4.78, 5) is 0. The highest BCUT2D eigenvalue weighted by molar-refractivity contribution is 6.90. The first kappa shape index (κ1) is 39.1. The van der Waals surface area contributed by atoms with Crippen molar-refractivity contribution in [2.75, 3.05) is 0 Å². The van der Waals surface area contributed by atoms with E-state index in [0.29, 0.717) is 0 Å². The Hall–Kier alpha value is -6.32. The molecule has 0 atom stereocenters. The zero-order valence-electron chi connectivity index (χ0n) is 40.1. The second-order valence-electron chi connectivity index (χ2n) is 23.9. The molecule has 0 amide bonds. The summed E-state index contributed by atoms with van der Waals surface area (Å²) < 4.78 is 5.50. The highest BCUT2D eigenvalue weighted by atomic mass is 15.0. The molecule has 2 nitrogen and oxygen atoms in total. The Balaban J connectivity index is 1.30. The molecule has 11 aromatic rings. The predicted octanol–water partition coefficient (Wildman–Crippen LogP) is 15.6. The van der Waals surface area contributed by atoms with Crippen LogP contribution in [0.2, 0.25) is 0 Å². The summed E-state index contributed by atoms with van der Waals surface area (Å²) in [7, 11) is 0. The molecule has 0 N–H and O–H groups in total. The minimum absolute atomic E-state index is 0.0105. The van der Waals surface area contributed by atoms with E-state index in [1.54, 1.807) is 0 Å². The molecule has 9 aromatic carbocycles. The van der Waals surface area contributed by atoms with Gasteiger partial charge in [-0.25, -0.2) is 0 Å². The Morgan fingerprint density at radius 2 is 0.969 bits per heavy atom. The van der Waals surface area contributed by atoms with Crippen molar-refractivity contribution in [2.24, 2.45) is 0 Å². The molecule has 0 radical (unpaired) electrons. The predicted molar refractivity (Wildman–Crippen MR) is 284 cm³/mol. The molecule has 2 aliphatic rings. The molecule has 0 saturated heterocycles. The summed E-state index contributed by atoms with van der Waals surface area (Å²) in [6, 6.07) is 50.6. The lowest BCUT2D eigenvalue weighted by molar-refractivity contribution is 0.590. The van der Waals surface area contributed by atoms with Crippen LogP contribution in [0.3, 0.4) is 0 Å². The maximum atomic E-state index is 2.78. The first-order valence-electron chi connectivity index (χ1n) is 23.9. The van der Waals surface area contributed by atoms with Crippen molar-refractivity contribution < 1.29 is 0 Å². The zero-order chi connectivity index (χ0) is 45.0. The van der Waals surface area contributed by atoms with Gasteiger partial charge in [-0.05, 0) is 136 Å². The number of hydrogen-bond acceptors (Lipinski definition) is 0. The van der Waals surface area contributed by atoms with Crippen LogP contribution < -0.4 is 10.9 Å². The van der Waals surface area contributed by atoms with Crippen molar-refractivity contribution in [3.63, 3.8) is 0 Å². The van der Waals surface area contributed by atoms with Gasteiger partial charge in [0.25, 0.3) is 0 Å². The van der Waals surface area contributed by atoms with Crippen LogP contribution in [0, 0.1) is 0 Å². The van der Waals surface area contributed by atoms with Crippen LogP contribution in [0.25, 0.3) is 104 Å². The van der Waals surface area contributed by atoms with Gasteiger partial charge in [-0.3, -0.25) is 0 Å². The lowest BCUT2D eigenvalue weighted by Gasteiger charge is -2.37. The van der Waals surface area contributed by atoms with Crippen LogP contribution in [-0.2, 0) is 21.7 Å². The lowest BCUT2D eigenvalue weighted by atomic mass is 9.44. The Labute approximate surface area is 383 Å².